The van der Waals surface area contributed by atoms with E-state index in [-0.39, 0.29) is 24.0 Å². The summed E-state index contributed by atoms with van der Waals surface area (Å²) >= 11 is 6.11. The maximum absolute atomic E-state index is 14.0. The summed E-state index contributed by atoms with van der Waals surface area (Å²) in [5.74, 6) is -0.660. The molecule has 7 heteroatoms. The zero-order valence-electron chi connectivity index (χ0n) is 17.1. The number of carbonyl (C=O) groups excluding carboxylic acids is 1. The topological polar surface area (TPSA) is 68.0 Å². The van der Waals surface area contributed by atoms with E-state index in [1.54, 1.807) is 6.07 Å². The Hall–Kier alpha value is -2.99. The highest BCUT2D eigenvalue weighted by Gasteiger charge is 2.16. The van der Waals surface area contributed by atoms with Gasteiger partial charge in [-0.25, -0.2) is 4.39 Å². The van der Waals surface area contributed by atoms with E-state index in [0.29, 0.717) is 23.6 Å². The lowest BCUT2D eigenvalue weighted by atomic mass is 9.98. The molecule has 3 aromatic rings. The molecule has 0 atom stereocenters. The fourth-order valence-electron chi connectivity index (χ4n) is 3.14. The van der Waals surface area contributed by atoms with Crippen molar-refractivity contribution in [2.45, 2.75) is 33.6 Å². The molecule has 0 fully saturated rings. The zero-order chi connectivity index (χ0) is 21.7. The Balaban J connectivity index is 1.58. The van der Waals surface area contributed by atoms with E-state index in [1.165, 1.54) is 6.07 Å². The van der Waals surface area contributed by atoms with Gasteiger partial charge in [0.25, 0.3) is 11.7 Å². The zero-order valence-corrected chi connectivity index (χ0v) is 17.9. The molecule has 0 unspecified atom stereocenters. The number of nitrogens with one attached hydrogen (secondary N) is 1. The van der Waals surface area contributed by atoms with Gasteiger partial charge in [-0.1, -0.05) is 41.0 Å². The van der Waals surface area contributed by atoms with Gasteiger partial charge in [0.15, 0.2) is 0 Å². The van der Waals surface area contributed by atoms with E-state index in [1.807, 2.05) is 51.1 Å². The molecule has 0 saturated heterocycles. The molecule has 0 radical (unpaired) electrons. The van der Waals surface area contributed by atoms with Crippen LogP contribution in [0.15, 0.2) is 47.0 Å². The molecule has 1 aromatic heterocycles. The van der Waals surface area contributed by atoms with Crippen LogP contribution in [0.2, 0.25) is 5.02 Å². The fourth-order valence-corrected chi connectivity index (χ4v) is 3.31. The van der Waals surface area contributed by atoms with Crippen LogP contribution in [0.3, 0.4) is 0 Å². The van der Waals surface area contributed by atoms with Crippen molar-refractivity contribution in [2.24, 2.45) is 0 Å². The molecule has 5 nitrogen and oxygen atoms in total. The molecule has 1 heterocycles. The van der Waals surface area contributed by atoms with Crippen LogP contribution in [0.4, 0.5) is 4.39 Å². The first-order valence-electron chi connectivity index (χ1n) is 9.65. The Morgan fingerprint density at radius 2 is 2.03 bits per heavy atom. The lowest BCUT2D eigenvalue weighted by Crippen LogP contribution is -2.25. The normalized spacial score (nSPS) is 11.6. The predicted molar refractivity (Wildman–Crippen MR) is 115 cm³/mol. The van der Waals surface area contributed by atoms with Gasteiger partial charge in [-0.3, -0.25) is 4.79 Å². The SMILES string of the molecule is C/C=C(/CCNC(=O)c1noc(Cc2ccc(C)cc2F)n1)c1cc(Cl)ccc1C. The number of allylic oxidation sites excluding steroid dienone is 1. The molecule has 0 spiro atoms. The number of hydrogen-bond donors (Lipinski definition) is 1. The number of aromatic nitrogens is 2. The van der Waals surface area contributed by atoms with Crippen molar-refractivity contribution >= 4 is 23.1 Å². The number of carbonyl (C=O) groups is 1. The van der Waals surface area contributed by atoms with Gasteiger partial charge >= 0.3 is 0 Å². The number of benzene rings is 2. The average molecular weight is 428 g/mol. The number of halogens is 2. The van der Waals surface area contributed by atoms with Crippen LogP contribution in [0.1, 0.15) is 52.1 Å². The van der Waals surface area contributed by atoms with Crippen LogP contribution >= 0.6 is 11.6 Å². The Kier molecular flexibility index (Phi) is 7.00. The lowest BCUT2D eigenvalue weighted by molar-refractivity contribution is 0.0941. The summed E-state index contributed by atoms with van der Waals surface area (Å²) in [6.07, 6.45) is 2.76. The molecule has 1 amide bonds. The highest BCUT2D eigenvalue weighted by molar-refractivity contribution is 6.30. The maximum atomic E-state index is 14.0. The van der Waals surface area contributed by atoms with Crippen molar-refractivity contribution in [2.75, 3.05) is 6.54 Å². The third-order valence-corrected chi connectivity index (χ3v) is 5.03. The monoisotopic (exact) mass is 427 g/mol. The van der Waals surface area contributed by atoms with E-state index in [0.717, 1.165) is 22.3 Å². The summed E-state index contributed by atoms with van der Waals surface area (Å²) in [6, 6.07) is 10.7. The van der Waals surface area contributed by atoms with Gasteiger partial charge in [0, 0.05) is 11.6 Å². The first kappa shape index (κ1) is 21.7. The number of rotatable bonds is 7. The van der Waals surface area contributed by atoms with E-state index in [2.05, 4.69) is 15.5 Å². The minimum absolute atomic E-state index is 0.0708. The first-order valence-corrected chi connectivity index (χ1v) is 10.0. The summed E-state index contributed by atoms with van der Waals surface area (Å²) < 4.78 is 19.1. The lowest BCUT2D eigenvalue weighted by Gasteiger charge is -2.11. The van der Waals surface area contributed by atoms with Gasteiger partial charge in [-0.05, 0) is 73.2 Å². The van der Waals surface area contributed by atoms with Crippen molar-refractivity contribution in [1.29, 1.82) is 0 Å². The third-order valence-electron chi connectivity index (χ3n) is 4.80. The molecule has 2 aromatic carbocycles. The minimum atomic E-state index is -0.437. The number of aryl methyl sites for hydroxylation is 2. The fraction of sp³-hybridized carbons (Fsp3) is 0.261. The minimum Gasteiger partial charge on any atom is -0.349 e. The van der Waals surface area contributed by atoms with Crippen LogP contribution in [0.5, 0.6) is 0 Å². The Bertz CT molecular complexity index is 1090. The summed E-state index contributed by atoms with van der Waals surface area (Å²) in [5, 5.41) is 7.17. The molecular weight excluding hydrogens is 405 g/mol. The summed E-state index contributed by atoms with van der Waals surface area (Å²) in [7, 11) is 0. The van der Waals surface area contributed by atoms with Gasteiger partial charge in [0.1, 0.15) is 5.82 Å². The average Bonchev–Trinajstić information content (AvgIpc) is 3.18. The molecule has 1 N–H and O–H groups in total. The van der Waals surface area contributed by atoms with E-state index >= 15 is 0 Å². The summed E-state index contributed by atoms with van der Waals surface area (Å²) in [6.45, 7) is 6.19. The van der Waals surface area contributed by atoms with Gasteiger partial charge in [-0.2, -0.15) is 4.98 Å². The molecule has 3 rings (SSSR count). The largest absolute Gasteiger partial charge is 0.349 e. The van der Waals surface area contributed by atoms with Crippen molar-refractivity contribution < 1.29 is 13.7 Å². The Labute approximate surface area is 180 Å². The molecule has 0 aliphatic carbocycles. The second-order valence-electron chi connectivity index (χ2n) is 7.06. The van der Waals surface area contributed by atoms with Gasteiger partial charge in [0.2, 0.25) is 5.89 Å². The van der Waals surface area contributed by atoms with Crippen molar-refractivity contribution in [3.63, 3.8) is 0 Å². The number of nitrogens with zero attached hydrogens (tertiary/aromatic N) is 2. The molecule has 0 saturated carbocycles. The van der Waals surface area contributed by atoms with Crippen molar-refractivity contribution in [3.8, 4) is 0 Å². The third kappa shape index (κ3) is 5.33. The molecule has 0 bridgehead atoms. The molecule has 30 heavy (non-hydrogen) atoms. The molecule has 0 aliphatic rings. The van der Waals surface area contributed by atoms with Crippen LogP contribution < -0.4 is 5.32 Å². The molecule has 0 aliphatic heterocycles. The predicted octanol–water partition coefficient (Wildman–Crippen LogP) is 5.29. The summed E-state index contributed by atoms with van der Waals surface area (Å²) in [4.78, 5) is 16.4. The highest BCUT2D eigenvalue weighted by atomic mass is 35.5. The van der Waals surface area contributed by atoms with Crippen LogP contribution in [-0.2, 0) is 6.42 Å². The second kappa shape index (κ2) is 9.67. The standard InChI is InChI=1S/C23H23ClFN3O2/c1-4-16(19-13-18(24)8-6-15(19)3)9-10-26-23(29)22-27-21(30-28-22)12-17-7-5-14(2)11-20(17)25/h4-8,11,13H,9-10,12H2,1-3H3,(H,26,29)/b16-4-. The van der Waals surface area contributed by atoms with E-state index in [4.69, 9.17) is 16.1 Å². The second-order valence-corrected chi connectivity index (χ2v) is 7.50. The quantitative estimate of drug-likeness (QED) is 0.556. The van der Waals surface area contributed by atoms with Crippen LogP contribution in [-0.4, -0.2) is 22.6 Å². The van der Waals surface area contributed by atoms with Gasteiger partial charge in [0.05, 0.1) is 6.42 Å². The smallest absolute Gasteiger partial charge is 0.292 e. The van der Waals surface area contributed by atoms with Crippen molar-refractivity contribution in [1.82, 2.24) is 15.5 Å². The first-order chi connectivity index (χ1) is 14.4. The maximum Gasteiger partial charge on any atom is 0.292 e. The van der Waals surface area contributed by atoms with Crippen molar-refractivity contribution in [3.05, 3.63) is 87.3 Å². The Morgan fingerprint density at radius 3 is 2.77 bits per heavy atom. The number of hydrogen-bond acceptors (Lipinski definition) is 4. The van der Waals surface area contributed by atoms with Crippen LogP contribution in [0, 0.1) is 19.7 Å². The number of amides is 1. The van der Waals surface area contributed by atoms with Crippen LogP contribution in [0.25, 0.3) is 5.57 Å². The van der Waals surface area contributed by atoms with Gasteiger partial charge < -0.3 is 9.84 Å². The Morgan fingerprint density at radius 1 is 1.23 bits per heavy atom. The van der Waals surface area contributed by atoms with E-state index in [9.17, 15) is 9.18 Å². The van der Waals surface area contributed by atoms with E-state index < -0.39 is 5.91 Å². The highest BCUT2D eigenvalue weighted by Crippen LogP contribution is 2.25. The van der Waals surface area contributed by atoms with Gasteiger partial charge in [-0.15, -0.1) is 0 Å². The molecule has 156 valence electrons. The summed E-state index contributed by atoms with van der Waals surface area (Å²) in [5.41, 5.74) is 4.52. The molecular formula is C23H23ClFN3O2.